The fourth-order valence-corrected chi connectivity index (χ4v) is 15.1. The Bertz CT molecular complexity index is 2310. The summed E-state index contributed by atoms with van der Waals surface area (Å²) in [4.78, 5) is 0. The van der Waals surface area contributed by atoms with E-state index in [2.05, 4.69) is 137 Å². The van der Waals surface area contributed by atoms with Crippen LogP contribution >= 0.6 is 17.0 Å². The third-order valence-corrected chi connectivity index (χ3v) is 17.3. The standard InChI is InChI=1S/C27H29.C26H27.C4H10Si.2ClH.Zr/c1-2-18-13-23-4-3-5-25(26(23)14-18)22-6-8-24(9-7-22)27-15-19-10-20(16-27)12-21(11-19)17-27;1-17-9-22-3-2-4-24(25(22)10-17)21-5-7-23(8-6-21)26-14-18-11-19(15-26)13-20(12-18)16-26;1-3-5-4-2;;;/h3-9,13-14,19-21H,2,10-12,15-17H2,1H3;2-10,18-20H,11-16H2,1H3;3-4H2,1-2H3;2*1H;/q2*-1;;;;+4/p-2. The predicted octanol–water partition coefficient (Wildman–Crippen LogP) is 17.2. The van der Waals surface area contributed by atoms with Crippen molar-refractivity contribution < 1.29 is 20.8 Å². The number of hydrogen-bond acceptors (Lipinski definition) is 0. The van der Waals surface area contributed by atoms with E-state index in [1.165, 1.54) is 154 Å². The molecule has 14 rings (SSSR count). The third-order valence-electron chi connectivity index (χ3n) is 16.3. The fourth-order valence-electron chi connectivity index (χ4n) is 14.6. The van der Waals surface area contributed by atoms with Crippen LogP contribution in [0.2, 0.25) is 12.1 Å². The third kappa shape index (κ3) is 9.20. The van der Waals surface area contributed by atoms with Gasteiger partial charge in [-0.15, -0.1) is 69.1 Å². The van der Waals surface area contributed by atoms with E-state index in [9.17, 15) is 0 Å². The zero-order valence-electron chi connectivity index (χ0n) is 37.2. The molecule has 0 spiro atoms. The van der Waals surface area contributed by atoms with Gasteiger partial charge < -0.3 is 0 Å². The van der Waals surface area contributed by atoms with Crippen molar-refractivity contribution in [3.05, 3.63) is 131 Å². The topological polar surface area (TPSA) is 0 Å². The Balaban J connectivity index is 0.000000133. The SMILES string of the molecule is CC[Si]CC.CCc1cc2c(-c3ccc(C45CC6CC(CC(C6)C4)C5)cc3)cccc2[cH-]1.Cc1cc2c(-c3ccc(C45CC6CC(CC(C6)C4)C5)cc3)cccc2[cH-]1.[Cl][Zr+2][Cl]. The number of rotatable bonds is 7. The summed E-state index contributed by atoms with van der Waals surface area (Å²) < 4.78 is 0. The van der Waals surface area contributed by atoms with Crippen LogP contribution in [0.1, 0.15) is 120 Å². The van der Waals surface area contributed by atoms with Crippen molar-refractivity contribution in [3.63, 3.8) is 0 Å². The van der Waals surface area contributed by atoms with Crippen LogP contribution in [0.4, 0.5) is 0 Å². The average Bonchev–Trinajstić information content (AvgIpc) is 3.87. The van der Waals surface area contributed by atoms with Crippen LogP contribution in [0, 0.1) is 42.4 Å². The average molecular weight is 941 g/mol. The molecule has 8 aliphatic carbocycles. The first-order valence-electron chi connectivity index (χ1n) is 24.0. The molecule has 8 fully saturated rings. The minimum absolute atomic E-state index is 0.509. The first kappa shape index (κ1) is 44.0. The van der Waals surface area contributed by atoms with E-state index < -0.39 is 20.8 Å². The quantitative estimate of drug-likeness (QED) is 0.111. The van der Waals surface area contributed by atoms with Crippen molar-refractivity contribution >= 4 is 48.1 Å². The molecular weight excluding hydrogens is 875 g/mol. The van der Waals surface area contributed by atoms with Gasteiger partial charge in [-0.1, -0.05) is 112 Å². The van der Waals surface area contributed by atoms with E-state index >= 15 is 0 Å². The van der Waals surface area contributed by atoms with Gasteiger partial charge in [0.25, 0.3) is 0 Å². The van der Waals surface area contributed by atoms with Gasteiger partial charge in [-0.2, -0.15) is 12.1 Å². The van der Waals surface area contributed by atoms with Crippen molar-refractivity contribution in [2.75, 3.05) is 0 Å². The first-order valence-corrected chi connectivity index (χ1v) is 31.7. The molecule has 6 aromatic rings. The predicted molar refractivity (Wildman–Crippen MR) is 262 cm³/mol. The normalized spacial score (nSPS) is 28.7. The van der Waals surface area contributed by atoms with Gasteiger partial charge in [0.2, 0.25) is 0 Å². The molecule has 8 saturated carbocycles. The molecule has 8 aliphatic rings. The van der Waals surface area contributed by atoms with E-state index in [4.69, 9.17) is 17.0 Å². The molecule has 2 radical (unpaired) electrons. The molecule has 0 nitrogen and oxygen atoms in total. The van der Waals surface area contributed by atoms with Gasteiger partial charge in [0, 0.05) is 9.52 Å². The monoisotopic (exact) mass is 938 g/mol. The van der Waals surface area contributed by atoms with Crippen LogP contribution in [0.25, 0.3) is 43.8 Å². The number of halogens is 2. The molecule has 4 heteroatoms. The Morgan fingerprint density at radius 2 is 0.918 bits per heavy atom. The van der Waals surface area contributed by atoms with Crippen LogP contribution in [0.15, 0.2) is 109 Å². The Morgan fingerprint density at radius 1 is 0.541 bits per heavy atom. The summed E-state index contributed by atoms with van der Waals surface area (Å²) in [6.07, 6.45) is 19.0. The zero-order chi connectivity index (χ0) is 42.1. The summed E-state index contributed by atoms with van der Waals surface area (Å²) >= 11 is -0.826. The molecule has 0 amide bonds. The maximum absolute atomic E-state index is 4.93. The van der Waals surface area contributed by atoms with Gasteiger partial charge in [-0.05, 0) is 152 Å². The van der Waals surface area contributed by atoms with Gasteiger partial charge in [0.05, 0.1) is 0 Å². The van der Waals surface area contributed by atoms with Gasteiger partial charge in [0.15, 0.2) is 0 Å². The molecule has 0 atom stereocenters. The summed E-state index contributed by atoms with van der Waals surface area (Å²) in [6, 6.07) is 45.1. The van der Waals surface area contributed by atoms with Gasteiger partial charge in [-0.3, -0.25) is 0 Å². The summed E-state index contributed by atoms with van der Waals surface area (Å²) in [5, 5.41) is 5.56. The Labute approximate surface area is 389 Å². The molecule has 0 aromatic heterocycles. The molecule has 0 N–H and O–H groups in total. The molecule has 8 bridgehead atoms. The molecule has 61 heavy (non-hydrogen) atoms. The van der Waals surface area contributed by atoms with Crippen molar-refractivity contribution in [1.29, 1.82) is 0 Å². The van der Waals surface area contributed by atoms with Crippen LogP contribution < -0.4 is 0 Å². The Kier molecular flexibility index (Phi) is 13.8. The van der Waals surface area contributed by atoms with Crippen molar-refractivity contribution in [2.45, 2.75) is 134 Å². The Morgan fingerprint density at radius 3 is 1.28 bits per heavy atom. The van der Waals surface area contributed by atoms with Gasteiger partial charge >= 0.3 is 37.9 Å². The number of aryl methyl sites for hydroxylation is 2. The number of fused-ring (bicyclic) bond motifs is 2. The first-order chi connectivity index (χ1) is 29.7. The van der Waals surface area contributed by atoms with Crippen LogP contribution in [-0.4, -0.2) is 9.52 Å². The van der Waals surface area contributed by atoms with Crippen molar-refractivity contribution in [1.82, 2.24) is 0 Å². The zero-order valence-corrected chi connectivity index (χ0v) is 42.2. The summed E-state index contributed by atoms with van der Waals surface area (Å²) in [5.41, 5.74) is 12.6. The fraction of sp³-hybridized carbons (Fsp3) is 0.474. The second kappa shape index (κ2) is 19.1. The van der Waals surface area contributed by atoms with E-state index in [0.29, 0.717) is 10.8 Å². The molecule has 0 unspecified atom stereocenters. The van der Waals surface area contributed by atoms with E-state index in [-0.39, 0.29) is 0 Å². The number of benzene rings is 4. The Hall–Kier alpha value is -2.22. The molecule has 0 saturated heterocycles. The van der Waals surface area contributed by atoms with E-state index in [1.54, 1.807) is 11.1 Å². The van der Waals surface area contributed by atoms with Gasteiger partial charge in [-0.25, -0.2) is 0 Å². The molecule has 0 aliphatic heterocycles. The van der Waals surface area contributed by atoms with Crippen LogP contribution in [0.3, 0.4) is 0 Å². The second-order valence-electron chi connectivity index (χ2n) is 20.4. The van der Waals surface area contributed by atoms with E-state index in [1.807, 2.05) is 0 Å². The maximum atomic E-state index is 4.93. The minimum atomic E-state index is -0.826. The van der Waals surface area contributed by atoms with Crippen molar-refractivity contribution in [3.8, 4) is 22.3 Å². The molecule has 6 aromatic carbocycles. The number of hydrogen-bond donors (Lipinski definition) is 0. The van der Waals surface area contributed by atoms with Crippen LogP contribution in [0.5, 0.6) is 0 Å². The van der Waals surface area contributed by atoms with Gasteiger partial charge in [0.1, 0.15) is 0 Å². The van der Waals surface area contributed by atoms with Crippen LogP contribution in [-0.2, 0) is 38.1 Å². The second-order valence-corrected chi connectivity index (χ2v) is 26.1. The molecule has 316 valence electrons. The van der Waals surface area contributed by atoms with Crippen molar-refractivity contribution in [2.24, 2.45) is 35.5 Å². The molecule has 0 heterocycles. The summed E-state index contributed by atoms with van der Waals surface area (Å²) in [6.45, 7) is 8.89. The van der Waals surface area contributed by atoms with E-state index in [0.717, 1.165) is 41.9 Å². The summed E-state index contributed by atoms with van der Waals surface area (Å²) in [7, 11) is 11.1. The summed E-state index contributed by atoms with van der Waals surface area (Å²) in [5.74, 6) is 6.09. The molecular formula is C57H66Cl2SiZr.